The zero-order valence-electron chi connectivity index (χ0n) is 11.2. The van der Waals surface area contributed by atoms with Crippen molar-refractivity contribution >= 4 is 26.0 Å². The highest BCUT2D eigenvalue weighted by atomic mass is 79.9. The van der Waals surface area contributed by atoms with Gasteiger partial charge in [0, 0.05) is 6.54 Å². The molecule has 0 atom stereocenters. The van der Waals surface area contributed by atoms with Crippen LogP contribution in [0.4, 0.5) is 4.39 Å². The molecule has 0 saturated carbocycles. The summed E-state index contributed by atoms with van der Waals surface area (Å²) in [6, 6.07) is 13.6. The molecule has 0 aliphatic carbocycles. The third-order valence-electron chi connectivity index (χ3n) is 2.98. The average Bonchev–Trinajstić information content (AvgIpc) is 2.47. The maximum atomic E-state index is 13.4. The van der Waals surface area contributed by atoms with Crippen LogP contribution in [0.3, 0.4) is 0 Å². The minimum atomic E-state index is -3.66. The molecule has 0 saturated heterocycles. The van der Waals surface area contributed by atoms with Crippen LogP contribution in [0.2, 0.25) is 0 Å². The number of rotatable bonds is 6. The van der Waals surface area contributed by atoms with Gasteiger partial charge in [0.05, 0.1) is 9.37 Å². The number of sulfonamides is 1. The Bertz CT molecular complexity index is 705. The van der Waals surface area contributed by atoms with Gasteiger partial charge in [-0.05, 0) is 52.5 Å². The van der Waals surface area contributed by atoms with Crippen LogP contribution < -0.4 is 4.72 Å². The van der Waals surface area contributed by atoms with Crippen molar-refractivity contribution in [1.82, 2.24) is 4.72 Å². The van der Waals surface area contributed by atoms with Crippen molar-refractivity contribution in [3.63, 3.8) is 0 Å². The van der Waals surface area contributed by atoms with Gasteiger partial charge in [0.25, 0.3) is 0 Å². The van der Waals surface area contributed by atoms with E-state index in [0.717, 1.165) is 18.1 Å². The molecule has 2 aromatic rings. The average molecular weight is 372 g/mol. The number of halogens is 2. The van der Waals surface area contributed by atoms with E-state index in [-0.39, 0.29) is 9.37 Å². The van der Waals surface area contributed by atoms with Crippen LogP contribution in [-0.2, 0) is 16.4 Å². The molecule has 0 amide bonds. The van der Waals surface area contributed by atoms with Crippen LogP contribution in [0.1, 0.15) is 12.0 Å². The Balaban J connectivity index is 1.91. The lowest BCUT2D eigenvalue weighted by Crippen LogP contribution is -2.25. The fourth-order valence-corrected chi connectivity index (χ4v) is 3.20. The summed E-state index contributed by atoms with van der Waals surface area (Å²) in [6.07, 6.45) is 1.47. The molecule has 0 aliphatic rings. The predicted molar refractivity (Wildman–Crippen MR) is 84.1 cm³/mol. The summed E-state index contributed by atoms with van der Waals surface area (Å²) in [6.45, 7) is 0.314. The van der Waals surface area contributed by atoms with Crippen molar-refractivity contribution in [2.75, 3.05) is 6.54 Å². The Morgan fingerprint density at radius 1 is 1.10 bits per heavy atom. The quantitative estimate of drug-likeness (QED) is 0.789. The van der Waals surface area contributed by atoms with Crippen LogP contribution in [0.25, 0.3) is 0 Å². The third kappa shape index (κ3) is 4.62. The molecular weight excluding hydrogens is 357 g/mol. The first-order valence-electron chi connectivity index (χ1n) is 6.48. The number of hydrogen-bond donors (Lipinski definition) is 1. The van der Waals surface area contributed by atoms with Crippen LogP contribution >= 0.6 is 15.9 Å². The molecule has 0 spiro atoms. The molecule has 0 heterocycles. The summed E-state index contributed by atoms with van der Waals surface area (Å²) in [5.74, 6) is -0.595. The van der Waals surface area contributed by atoms with Crippen molar-refractivity contribution in [2.45, 2.75) is 17.7 Å². The van der Waals surface area contributed by atoms with Crippen LogP contribution in [0, 0.1) is 5.82 Å². The molecule has 1 N–H and O–H groups in total. The largest absolute Gasteiger partial charge is 0.240 e. The van der Waals surface area contributed by atoms with E-state index in [4.69, 9.17) is 0 Å². The Kier molecular flexibility index (Phi) is 5.50. The molecule has 3 nitrogen and oxygen atoms in total. The minimum absolute atomic E-state index is 0.0667. The first kappa shape index (κ1) is 16.1. The van der Waals surface area contributed by atoms with Gasteiger partial charge in [-0.1, -0.05) is 30.3 Å². The van der Waals surface area contributed by atoms with E-state index in [0.29, 0.717) is 13.0 Å². The highest BCUT2D eigenvalue weighted by Crippen LogP contribution is 2.19. The molecule has 0 bridgehead atoms. The van der Waals surface area contributed by atoms with Gasteiger partial charge in [-0.15, -0.1) is 0 Å². The van der Waals surface area contributed by atoms with E-state index in [1.54, 1.807) is 0 Å². The van der Waals surface area contributed by atoms with Gasteiger partial charge in [-0.2, -0.15) is 0 Å². The molecule has 112 valence electrons. The zero-order valence-corrected chi connectivity index (χ0v) is 13.6. The molecule has 0 aliphatic heterocycles. The van der Waals surface area contributed by atoms with Gasteiger partial charge in [-0.25, -0.2) is 17.5 Å². The highest BCUT2D eigenvalue weighted by Gasteiger charge is 2.15. The predicted octanol–water partition coefficient (Wildman–Crippen LogP) is 3.50. The van der Waals surface area contributed by atoms with Crippen molar-refractivity contribution in [3.05, 3.63) is 64.4 Å². The van der Waals surface area contributed by atoms with Gasteiger partial charge in [0.1, 0.15) is 5.82 Å². The molecule has 0 aromatic heterocycles. The van der Waals surface area contributed by atoms with E-state index in [2.05, 4.69) is 20.7 Å². The van der Waals surface area contributed by atoms with Crippen LogP contribution in [0.15, 0.2) is 57.9 Å². The Morgan fingerprint density at radius 2 is 1.81 bits per heavy atom. The summed E-state index contributed by atoms with van der Waals surface area (Å²) >= 11 is 3.00. The summed E-state index contributed by atoms with van der Waals surface area (Å²) in [7, 11) is -3.66. The first-order chi connectivity index (χ1) is 9.99. The van der Waals surface area contributed by atoms with E-state index >= 15 is 0 Å². The van der Waals surface area contributed by atoms with Crippen molar-refractivity contribution in [3.8, 4) is 0 Å². The molecule has 21 heavy (non-hydrogen) atoms. The second kappa shape index (κ2) is 7.15. The number of benzene rings is 2. The lowest BCUT2D eigenvalue weighted by Gasteiger charge is -2.07. The molecule has 2 rings (SSSR count). The van der Waals surface area contributed by atoms with Crippen molar-refractivity contribution in [1.29, 1.82) is 0 Å². The van der Waals surface area contributed by atoms with Crippen LogP contribution in [0.5, 0.6) is 0 Å². The lowest BCUT2D eigenvalue weighted by atomic mass is 10.1. The van der Waals surface area contributed by atoms with Gasteiger partial charge in [0.15, 0.2) is 0 Å². The molecule has 6 heteroatoms. The third-order valence-corrected chi connectivity index (χ3v) is 5.08. The first-order valence-corrected chi connectivity index (χ1v) is 8.75. The van der Waals surface area contributed by atoms with E-state index in [1.807, 2.05) is 30.3 Å². The van der Waals surface area contributed by atoms with E-state index in [1.165, 1.54) is 12.1 Å². The van der Waals surface area contributed by atoms with Crippen molar-refractivity contribution < 1.29 is 12.8 Å². The van der Waals surface area contributed by atoms with Gasteiger partial charge < -0.3 is 0 Å². The smallest absolute Gasteiger partial charge is 0.211 e. The SMILES string of the molecule is O=S(=O)(NCCCc1ccccc1)c1ccc(Br)c(F)c1. The molecule has 0 radical (unpaired) electrons. The Labute approximate surface area is 132 Å². The summed E-state index contributed by atoms with van der Waals surface area (Å²) in [5, 5.41) is 0. The second-order valence-electron chi connectivity index (χ2n) is 4.56. The Hall–Kier alpha value is -1.24. The highest BCUT2D eigenvalue weighted by molar-refractivity contribution is 9.10. The number of nitrogens with one attached hydrogen (secondary N) is 1. The van der Waals surface area contributed by atoms with E-state index < -0.39 is 15.8 Å². The lowest BCUT2D eigenvalue weighted by molar-refractivity contribution is 0.574. The van der Waals surface area contributed by atoms with Gasteiger partial charge in [-0.3, -0.25) is 0 Å². The normalized spacial score (nSPS) is 11.5. The van der Waals surface area contributed by atoms with Crippen LogP contribution in [-0.4, -0.2) is 15.0 Å². The maximum absolute atomic E-state index is 13.4. The number of aryl methyl sites for hydroxylation is 1. The van der Waals surface area contributed by atoms with E-state index in [9.17, 15) is 12.8 Å². The fourth-order valence-electron chi connectivity index (χ4n) is 1.87. The minimum Gasteiger partial charge on any atom is -0.211 e. The molecule has 2 aromatic carbocycles. The van der Waals surface area contributed by atoms with Crippen molar-refractivity contribution in [2.24, 2.45) is 0 Å². The standard InChI is InChI=1S/C15H15BrFNO2S/c16-14-9-8-13(11-15(14)17)21(19,20)18-10-4-7-12-5-2-1-3-6-12/h1-3,5-6,8-9,11,18H,4,7,10H2. The molecular formula is C15H15BrFNO2S. The fraction of sp³-hybridized carbons (Fsp3) is 0.200. The van der Waals surface area contributed by atoms with Gasteiger partial charge in [0.2, 0.25) is 10.0 Å². The van der Waals surface area contributed by atoms with Gasteiger partial charge >= 0.3 is 0 Å². The number of hydrogen-bond acceptors (Lipinski definition) is 2. The molecule has 0 unspecified atom stereocenters. The summed E-state index contributed by atoms with van der Waals surface area (Å²) in [5.41, 5.74) is 1.16. The molecule has 0 fully saturated rings. The zero-order chi connectivity index (χ0) is 15.3. The topological polar surface area (TPSA) is 46.2 Å². The second-order valence-corrected chi connectivity index (χ2v) is 7.18. The Morgan fingerprint density at radius 3 is 2.48 bits per heavy atom. The summed E-state index contributed by atoms with van der Waals surface area (Å²) in [4.78, 5) is -0.0667. The monoisotopic (exact) mass is 371 g/mol. The summed E-state index contributed by atoms with van der Waals surface area (Å²) < 4.78 is 40.1. The maximum Gasteiger partial charge on any atom is 0.240 e.